The van der Waals surface area contributed by atoms with E-state index in [0.717, 1.165) is 6.29 Å². The lowest BCUT2D eigenvalue weighted by molar-refractivity contribution is -0.121. The van der Waals surface area contributed by atoms with Crippen LogP contribution in [0.3, 0.4) is 0 Å². The highest BCUT2D eigenvalue weighted by Gasteiger charge is 2.12. The first-order valence-electron chi connectivity index (χ1n) is 5.32. The smallest absolute Gasteiger partial charge is 0.191 e. The fourth-order valence-corrected chi connectivity index (χ4v) is 1.62. The van der Waals surface area contributed by atoms with Crippen LogP contribution in [-0.4, -0.2) is 33.4 Å². The summed E-state index contributed by atoms with van der Waals surface area (Å²) in [6, 6.07) is 3.37. The highest BCUT2D eigenvalue weighted by Crippen LogP contribution is 2.33. The van der Waals surface area contributed by atoms with Gasteiger partial charge < -0.3 is 24.7 Å². The largest absolute Gasteiger partial charge is 0.487 e. The summed E-state index contributed by atoms with van der Waals surface area (Å²) >= 11 is 6.06. The number of hydrogen-bond acceptors (Lipinski definition) is 5. The number of methoxy groups -OCH3 is 2. The third kappa shape index (κ3) is 3.60. The van der Waals surface area contributed by atoms with Crippen molar-refractivity contribution in [3.8, 4) is 5.75 Å². The maximum absolute atomic E-state index is 10.5. The summed E-state index contributed by atoms with van der Waals surface area (Å²) in [6.07, 6.45) is 0.524. The second-order valence-electron chi connectivity index (χ2n) is 3.53. The number of aldehydes is 1. The van der Waals surface area contributed by atoms with E-state index in [0.29, 0.717) is 22.0 Å². The van der Waals surface area contributed by atoms with Crippen LogP contribution in [-0.2, 0) is 20.7 Å². The van der Waals surface area contributed by atoms with Crippen molar-refractivity contribution in [1.82, 2.24) is 0 Å². The lowest BCUT2D eigenvalue weighted by Gasteiger charge is -2.16. The fourth-order valence-electron chi connectivity index (χ4n) is 1.38. The molecule has 6 heteroatoms. The molecule has 0 bridgehead atoms. The SMILES string of the molecule is COC(COc1ccc(CC=O)c(N)c1Cl)OC. The van der Waals surface area contributed by atoms with Crippen molar-refractivity contribution in [2.45, 2.75) is 12.7 Å². The molecule has 0 spiro atoms. The Morgan fingerprint density at radius 3 is 2.61 bits per heavy atom. The normalized spacial score (nSPS) is 10.7. The van der Waals surface area contributed by atoms with Crippen molar-refractivity contribution in [3.05, 3.63) is 22.7 Å². The Morgan fingerprint density at radius 1 is 1.39 bits per heavy atom. The van der Waals surface area contributed by atoms with Crippen molar-refractivity contribution in [1.29, 1.82) is 0 Å². The molecule has 0 fully saturated rings. The third-order valence-electron chi connectivity index (χ3n) is 2.44. The Labute approximate surface area is 111 Å². The Bertz CT molecular complexity index is 407. The number of carbonyl (C=O) groups is 1. The molecule has 0 aliphatic heterocycles. The van der Waals surface area contributed by atoms with Crippen LogP contribution in [0.1, 0.15) is 5.56 Å². The molecule has 0 aliphatic carbocycles. The second kappa shape index (κ2) is 7.20. The van der Waals surface area contributed by atoms with E-state index in [1.54, 1.807) is 12.1 Å². The topological polar surface area (TPSA) is 70.8 Å². The molecule has 2 N–H and O–H groups in total. The molecule has 0 radical (unpaired) electrons. The van der Waals surface area contributed by atoms with Gasteiger partial charge in [0.1, 0.15) is 23.7 Å². The van der Waals surface area contributed by atoms with Crippen LogP contribution in [0.25, 0.3) is 0 Å². The first-order valence-corrected chi connectivity index (χ1v) is 5.70. The number of nitrogen functional groups attached to an aromatic ring is 1. The first-order chi connectivity index (χ1) is 8.63. The van der Waals surface area contributed by atoms with Crippen LogP contribution in [0.15, 0.2) is 12.1 Å². The molecule has 1 rings (SSSR count). The molecule has 0 aliphatic rings. The highest BCUT2D eigenvalue weighted by molar-refractivity contribution is 6.34. The van der Waals surface area contributed by atoms with Crippen molar-refractivity contribution >= 4 is 23.6 Å². The summed E-state index contributed by atoms with van der Waals surface area (Å²) < 4.78 is 15.4. The van der Waals surface area contributed by atoms with Crippen LogP contribution in [0.2, 0.25) is 5.02 Å². The zero-order chi connectivity index (χ0) is 13.5. The quantitative estimate of drug-likeness (QED) is 0.465. The van der Waals surface area contributed by atoms with Gasteiger partial charge in [0.05, 0.1) is 5.69 Å². The molecular formula is C12H16ClNO4. The van der Waals surface area contributed by atoms with Crippen molar-refractivity contribution in [3.63, 3.8) is 0 Å². The summed E-state index contributed by atoms with van der Waals surface area (Å²) in [5.41, 5.74) is 6.84. The maximum Gasteiger partial charge on any atom is 0.191 e. The van der Waals surface area contributed by atoms with Gasteiger partial charge in [-0.15, -0.1) is 0 Å². The van der Waals surface area contributed by atoms with Gasteiger partial charge in [-0.25, -0.2) is 0 Å². The fraction of sp³-hybridized carbons (Fsp3) is 0.417. The Kier molecular flexibility index (Phi) is 5.91. The average Bonchev–Trinajstić information content (AvgIpc) is 2.38. The number of hydrogen-bond donors (Lipinski definition) is 1. The van der Waals surface area contributed by atoms with Crippen LogP contribution in [0.5, 0.6) is 5.75 Å². The summed E-state index contributed by atoms with van der Waals surface area (Å²) in [6.45, 7) is 0.194. The zero-order valence-electron chi connectivity index (χ0n) is 10.3. The monoisotopic (exact) mass is 273 g/mol. The summed E-state index contributed by atoms with van der Waals surface area (Å²) in [5.74, 6) is 0.433. The van der Waals surface area contributed by atoms with Gasteiger partial charge in [0.15, 0.2) is 6.29 Å². The van der Waals surface area contributed by atoms with Crippen LogP contribution < -0.4 is 10.5 Å². The summed E-state index contributed by atoms with van der Waals surface area (Å²) in [7, 11) is 3.03. The number of ether oxygens (including phenoxy) is 3. The van der Waals surface area contributed by atoms with Gasteiger partial charge in [0.25, 0.3) is 0 Å². The minimum absolute atomic E-state index is 0.194. The molecule has 0 atom stereocenters. The lowest BCUT2D eigenvalue weighted by atomic mass is 10.1. The molecule has 0 amide bonds. The van der Waals surface area contributed by atoms with E-state index in [4.69, 9.17) is 31.5 Å². The number of rotatable bonds is 7. The van der Waals surface area contributed by atoms with Gasteiger partial charge in [-0.1, -0.05) is 17.7 Å². The van der Waals surface area contributed by atoms with Crippen molar-refractivity contribution < 1.29 is 19.0 Å². The highest BCUT2D eigenvalue weighted by atomic mass is 35.5. The van der Waals surface area contributed by atoms with E-state index in [1.165, 1.54) is 14.2 Å². The molecule has 0 saturated heterocycles. The molecule has 18 heavy (non-hydrogen) atoms. The minimum atomic E-state index is -0.475. The van der Waals surface area contributed by atoms with E-state index in [1.807, 2.05) is 0 Å². The average molecular weight is 274 g/mol. The van der Waals surface area contributed by atoms with Gasteiger partial charge in [0.2, 0.25) is 0 Å². The third-order valence-corrected chi connectivity index (χ3v) is 2.83. The number of anilines is 1. The number of nitrogens with two attached hydrogens (primary N) is 1. The van der Waals surface area contributed by atoms with Gasteiger partial charge in [-0.05, 0) is 11.6 Å². The predicted octanol–water partition coefficient (Wildman–Crippen LogP) is 1.66. The molecule has 0 saturated carbocycles. The summed E-state index contributed by atoms with van der Waals surface area (Å²) in [4.78, 5) is 10.5. The molecule has 0 heterocycles. The number of benzene rings is 1. The first kappa shape index (κ1) is 14.8. The van der Waals surface area contributed by atoms with Crippen molar-refractivity contribution in [2.24, 2.45) is 0 Å². The van der Waals surface area contributed by atoms with E-state index in [2.05, 4.69) is 0 Å². The van der Waals surface area contributed by atoms with Gasteiger partial charge in [0, 0.05) is 20.6 Å². The van der Waals surface area contributed by atoms with Crippen molar-refractivity contribution in [2.75, 3.05) is 26.6 Å². The maximum atomic E-state index is 10.5. The molecule has 1 aromatic rings. The van der Waals surface area contributed by atoms with E-state index < -0.39 is 6.29 Å². The van der Waals surface area contributed by atoms with Gasteiger partial charge >= 0.3 is 0 Å². The Morgan fingerprint density at radius 2 is 2.06 bits per heavy atom. The molecule has 0 aromatic heterocycles. The Hall–Kier alpha value is -1.30. The van der Waals surface area contributed by atoms with E-state index in [-0.39, 0.29) is 13.0 Å². The van der Waals surface area contributed by atoms with E-state index in [9.17, 15) is 4.79 Å². The Balaban J connectivity index is 2.78. The second-order valence-corrected chi connectivity index (χ2v) is 3.91. The van der Waals surface area contributed by atoms with Crippen LogP contribution in [0, 0.1) is 0 Å². The minimum Gasteiger partial charge on any atom is -0.487 e. The van der Waals surface area contributed by atoms with Gasteiger partial charge in [-0.3, -0.25) is 0 Å². The molecule has 100 valence electrons. The molecule has 0 unspecified atom stereocenters. The summed E-state index contributed by atoms with van der Waals surface area (Å²) in [5, 5.41) is 0.292. The predicted molar refractivity (Wildman–Crippen MR) is 68.9 cm³/mol. The standard InChI is InChI=1S/C12H16ClNO4/c1-16-10(17-2)7-18-9-4-3-8(5-6-15)12(14)11(9)13/h3-4,6,10H,5,7,14H2,1-2H3. The molecule has 1 aromatic carbocycles. The molecule has 5 nitrogen and oxygen atoms in total. The zero-order valence-corrected chi connectivity index (χ0v) is 11.1. The van der Waals surface area contributed by atoms with Crippen LogP contribution >= 0.6 is 11.6 Å². The lowest BCUT2D eigenvalue weighted by Crippen LogP contribution is -2.22. The number of carbonyl (C=O) groups excluding carboxylic acids is 1. The van der Waals surface area contributed by atoms with Gasteiger partial charge in [-0.2, -0.15) is 0 Å². The van der Waals surface area contributed by atoms with E-state index >= 15 is 0 Å². The van der Waals surface area contributed by atoms with Crippen LogP contribution in [0.4, 0.5) is 5.69 Å². The number of halogens is 1. The molecular weight excluding hydrogens is 258 g/mol.